The van der Waals surface area contributed by atoms with Gasteiger partial charge in [0.05, 0.1) is 25.7 Å². The molecular formula is C22H27NO7. The monoisotopic (exact) mass is 417 g/mol. The number of carbonyl (C=O) groups excluding carboxylic acids is 2. The standard InChI is InChI=1S/C22H27NO7/c1-4-27-20(24)23-11-10-22-9-8-15(29-21(25)28-5-2)12-17(22)30-19-16(26-3)7-6-14(13-23)18(19)22/h6-9,15,17H,4-5,10-13H2,1-3H3. The minimum Gasteiger partial charge on any atom is -0.493 e. The fourth-order valence-corrected chi connectivity index (χ4v) is 4.66. The van der Waals surface area contributed by atoms with Gasteiger partial charge in [-0.25, -0.2) is 9.59 Å². The molecule has 0 bridgehead atoms. The second-order valence-electron chi connectivity index (χ2n) is 7.58. The van der Waals surface area contributed by atoms with E-state index in [9.17, 15) is 9.59 Å². The molecule has 0 fully saturated rings. The molecule has 0 saturated carbocycles. The fourth-order valence-electron chi connectivity index (χ4n) is 4.66. The van der Waals surface area contributed by atoms with Crippen LogP contribution >= 0.6 is 0 Å². The van der Waals surface area contributed by atoms with Crippen molar-refractivity contribution >= 4 is 12.2 Å². The normalized spacial score (nSPS) is 26.0. The third kappa shape index (κ3) is 3.34. The molecule has 0 aromatic heterocycles. The summed E-state index contributed by atoms with van der Waals surface area (Å²) in [7, 11) is 1.61. The Morgan fingerprint density at radius 3 is 2.77 bits per heavy atom. The zero-order valence-corrected chi connectivity index (χ0v) is 17.5. The van der Waals surface area contributed by atoms with E-state index in [-0.39, 0.29) is 18.8 Å². The highest BCUT2D eigenvalue weighted by Crippen LogP contribution is 2.56. The topological polar surface area (TPSA) is 83.5 Å². The third-order valence-electron chi connectivity index (χ3n) is 5.97. The number of hydrogen-bond donors (Lipinski definition) is 0. The summed E-state index contributed by atoms with van der Waals surface area (Å²) < 4.78 is 27.5. The van der Waals surface area contributed by atoms with Gasteiger partial charge in [0.15, 0.2) is 11.5 Å². The number of methoxy groups -OCH3 is 1. The Hall–Kier alpha value is -2.90. The summed E-state index contributed by atoms with van der Waals surface area (Å²) in [5, 5.41) is 0. The van der Waals surface area contributed by atoms with E-state index in [0.717, 1.165) is 11.1 Å². The van der Waals surface area contributed by atoms with Crippen LogP contribution in [0.15, 0.2) is 24.3 Å². The lowest BCUT2D eigenvalue weighted by Crippen LogP contribution is -2.44. The summed E-state index contributed by atoms with van der Waals surface area (Å²) in [4.78, 5) is 25.9. The summed E-state index contributed by atoms with van der Waals surface area (Å²) >= 11 is 0. The van der Waals surface area contributed by atoms with Gasteiger partial charge in [-0.3, -0.25) is 0 Å². The van der Waals surface area contributed by atoms with Crippen LogP contribution in [0.5, 0.6) is 11.5 Å². The van der Waals surface area contributed by atoms with E-state index in [1.807, 2.05) is 18.2 Å². The Morgan fingerprint density at radius 2 is 2.03 bits per heavy atom. The predicted octanol–water partition coefficient (Wildman–Crippen LogP) is 3.56. The van der Waals surface area contributed by atoms with Crippen molar-refractivity contribution in [1.82, 2.24) is 4.90 Å². The van der Waals surface area contributed by atoms with Crippen molar-refractivity contribution in [2.75, 3.05) is 26.9 Å². The molecule has 30 heavy (non-hydrogen) atoms. The van der Waals surface area contributed by atoms with Gasteiger partial charge in [-0.05, 0) is 38.0 Å². The van der Waals surface area contributed by atoms with E-state index in [4.69, 9.17) is 23.7 Å². The second-order valence-corrected chi connectivity index (χ2v) is 7.58. The van der Waals surface area contributed by atoms with Crippen molar-refractivity contribution in [3.05, 3.63) is 35.4 Å². The average molecular weight is 417 g/mol. The number of hydrogen-bond acceptors (Lipinski definition) is 7. The number of nitrogens with zero attached hydrogens (tertiary/aromatic N) is 1. The van der Waals surface area contributed by atoms with Gasteiger partial charge in [0.2, 0.25) is 0 Å². The lowest BCUT2D eigenvalue weighted by molar-refractivity contribution is 0.0154. The number of amides is 1. The molecule has 8 heteroatoms. The summed E-state index contributed by atoms with van der Waals surface area (Å²) in [6.07, 6.45) is 3.44. The van der Waals surface area contributed by atoms with Gasteiger partial charge < -0.3 is 28.6 Å². The SMILES string of the molecule is CCOC(=O)OC1C=CC23CCN(C(=O)OCC)Cc4ccc(OC)c(c42)OC3C1. The van der Waals surface area contributed by atoms with Crippen molar-refractivity contribution < 1.29 is 33.3 Å². The Balaban J connectivity index is 1.70. The summed E-state index contributed by atoms with van der Waals surface area (Å²) in [6, 6.07) is 3.85. The minimum atomic E-state index is -0.689. The van der Waals surface area contributed by atoms with Crippen molar-refractivity contribution in [3.8, 4) is 11.5 Å². The van der Waals surface area contributed by atoms with Crippen LogP contribution in [-0.4, -0.2) is 56.2 Å². The molecule has 1 aliphatic carbocycles. The first-order valence-electron chi connectivity index (χ1n) is 10.3. The van der Waals surface area contributed by atoms with E-state index in [1.54, 1.807) is 25.9 Å². The number of carbonyl (C=O) groups is 2. The van der Waals surface area contributed by atoms with Crippen LogP contribution in [0.3, 0.4) is 0 Å². The third-order valence-corrected chi connectivity index (χ3v) is 5.97. The lowest BCUT2D eigenvalue weighted by Gasteiger charge is -2.36. The molecule has 2 aliphatic heterocycles. The molecule has 0 N–H and O–H groups in total. The van der Waals surface area contributed by atoms with E-state index in [2.05, 4.69) is 6.08 Å². The van der Waals surface area contributed by atoms with Crippen LogP contribution in [-0.2, 0) is 26.2 Å². The molecule has 1 aromatic rings. The van der Waals surface area contributed by atoms with Crippen LogP contribution in [0, 0.1) is 0 Å². The summed E-state index contributed by atoms with van der Waals surface area (Å²) in [5.74, 6) is 1.36. The number of benzene rings is 1. The zero-order valence-electron chi connectivity index (χ0n) is 17.5. The molecule has 0 radical (unpaired) electrons. The highest BCUT2D eigenvalue weighted by molar-refractivity contribution is 5.69. The summed E-state index contributed by atoms with van der Waals surface area (Å²) in [6.45, 7) is 5.10. The Morgan fingerprint density at radius 1 is 1.23 bits per heavy atom. The van der Waals surface area contributed by atoms with Crippen LogP contribution in [0.4, 0.5) is 9.59 Å². The van der Waals surface area contributed by atoms with Crippen LogP contribution in [0.1, 0.15) is 37.8 Å². The molecule has 1 amide bonds. The minimum absolute atomic E-state index is 0.242. The maximum Gasteiger partial charge on any atom is 0.508 e. The highest BCUT2D eigenvalue weighted by Gasteiger charge is 2.53. The zero-order chi connectivity index (χ0) is 21.3. The Bertz CT molecular complexity index is 867. The average Bonchev–Trinajstić information content (AvgIpc) is 2.96. The molecule has 4 rings (SSSR count). The molecule has 0 saturated heterocycles. The highest BCUT2D eigenvalue weighted by atomic mass is 16.7. The van der Waals surface area contributed by atoms with Gasteiger partial charge >= 0.3 is 12.2 Å². The smallest absolute Gasteiger partial charge is 0.493 e. The maximum absolute atomic E-state index is 12.4. The van der Waals surface area contributed by atoms with Gasteiger partial charge in [0, 0.05) is 25.1 Å². The predicted molar refractivity (Wildman–Crippen MR) is 107 cm³/mol. The van der Waals surface area contributed by atoms with Crippen molar-refractivity contribution in [1.29, 1.82) is 0 Å². The van der Waals surface area contributed by atoms with Gasteiger partial charge in [-0.1, -0.05) is 12.1 Å². The molecule has 1 aromatic carbocycles. The quantitative estimate of drug-likeness (QED) is 0.547. The number of ether oxygens (including phenoxy) is 5. The molecular weight excluding hydrogens is 390 g/mol. The molecule has 8 nitrogen and oxygen atoms in total. The largest absolute Gasteiger partial charge is 0.508 e. The first kappa shape index (κ1) is 20.4. The van der Waals surface area contributed by atoms with Gasteiger partial charge in [-0.15, -0.1) is 0 Å². The summed E-state index contributed by atoms with van der Waals surface area (Å²) in [5.41, 5.74) is 1.63. The van der Waals surface area contributed by atoms with Gasteiger partial charge in [-0.2, -0.15) is 0 Å². The first-order chi connectivity index (χ1) is 14.5. The van der Waals surface area contributed by atoms with Crippen molar-refractivity contribution in [2.24, 2.45) is 0 Å². The van der Waals surface area contributed by atoms with Gasteiger partial charge in [0.1, 0.15) is 12.2 Å². The molecule has 3 aliphatic rings. The number of rotatable bonds is 4. The molecule has 3 unspecified atom stereocenters. The van der Waals surface area contributed by atoms with Gasteiger partial charge in [0.25, 0.3) is 0 Å². The van der Waals surface area contributed by atoms with Crippen LogP contribution < -0.4 is 9.47 Å². The Kier molecular flexibility index (Phi) is 5.49. The molecule has 1 spiro atoms. The van der Waals surface area contributed by atoms with Crippen molar-refractivity contribution in [2.45, 2.75) is 50.9 Å². The van der Waals surface area contributed by atoms with E-state index in [0.29, 0.717) is 44.0 Å². The maximum atomic E-state index is 12.4. The van der Waals surface area contributed by atoms with Crippen LogP contribution in [0.2, 0.25) is 0 Å². The molecule has 2 heterocycles. The van der Waals surface area contributed by atoms with E-state index < -0.39 is 17.7 Å². The molecule has 162 valence electrons. The van der Waals surface area contributed by atoms with E-state index in [1.165, 1.54) is 0 Å². The van der Waals surface area contributed by atoms with E-state index >= 15 is 0 Å². The van der Waals surface area contributed by atoms with Crippen molar-refractivity contribution in [3.63, 3.8) is 0 Å². The fraction of sp³-hybridized carbons (Fsp3) is 0.545. The molecule has 3 atom stereocenters. The lowest BCUT2D eigenvalue weighted by atomic mass is 9.69. The Labute approximate surface area is 175 Å². The van der Waals surface area contributed by atoms with Crippen LogP contribution in [0.25, 0.3) is 0 Å². The first-order valence-corrected chi connectivity index (χ1v) is 10.3. The second kappa shape index (κ2) is 8.08.